The van der Waals surface area contributed by atoms with Gasteiger partial charge in [0.05, 0.1) is 7.11 Å². The van der Waals surface area contributed by atoms with Crippen LogP contribution in [0.2, 0.25) is 0 Å². The average molecular weight is 215 g/mol. The Morgan fingerprint density at radius 3 is 2.53 bits per heavy atom. The molecule has 0 atom stereocenters. The van der Waals surface area contributed by atoms with Crippen LogP contribution in [-0.2, 0) is 19.1 Å². The van der Waals surface area contributed by atoms with E-state index in [0.717, 1.165) is 12.2 Å². The van der Waals surface area contributed by atoms with Crippen molar-refractivity contribution in [2.24, 2.45) is 0 Å². The molecule has 0 radical (unpaired) electrons. The SMILES string of the molecule is COC(=O)CCCNC(=O)/C=C/C(=O)O. The molecule has 0 aliphatic carbocycles. The van der Waals surface area contributed by atoms with Crippen LogP contribution in [0.3, 0.4) is 0 Å². The predicted octanol–water partition coefficient (Wildman–Crippen LogP) is -0.303. The smallest absolute Gasteiger partial charge is 0.328 e. The zero-order valence-electron chi connectivity index (χ0n) is 8.36. The number of ether oxygens (including phenoxy) is 1. The molecule has 0 aliphatic rings. The summed E-state index contributed by atoms with van der Waals surface area (Å²) in [4.78, 5) is 31.6. The molecule has 84 valence electrons. The van der Waals surface area contributed by atoms with Crippen molar-refractivity contribution in [2.45, 2.75) is 12.8 Å². The quantitative estimate of drug-likeness (QED) is 0.360. The van der Waals surface area contributed by atoms with Gasteiger partial charge in [-0.2, -0.15) is 0 Å². The van der Waals surface area contributed by atoms with E-state index in [1.165, 1.54) is 7.11 Å². The lowest BCUT2D eigenvalue weighted by molar-refractivity contribution is -0.140. The third-order valence-electron chi connectivity index (χ3n) is 1.46. The summed E-state index contributed by atoms with van der Waals surface area (Å²) in [7, 11) is 1.29. The van der Waals surface area contributed by atoms with Crippen LogP contribution in [0.4, 0.5) is 0 Å². The molecule has 1 amide bonds. The van der Waals surface area contributed by atoms with Crippen LogP contribution in [0.1, 0.15) is 12.8 Å². The fraction of sp³-hybridized carbons (Fsp3) is 0.444. The van der Waals surface area contributed by atoms with Crippen LogP contribution < -0.4 is 5.32 Å². The van der Waals surface area contributed by atoms with Crippen molar-refractivity contribution < 1.29 is 24.2 Å². The number of carboxylic acids is 1. The van der Waals surface area contributed by atoms with Crippen molar-refractivity contribution in [1.82, 2.24) is 5.32 Å². The van der Waals surface area contributed by atoms with Gasteiger partial charge in [-0.15, -0.1) is 0 Å². The van der Waals surface area contributed by atoms with Crippen molar-refractivity contribution in [3.63, 3.8) is 0 Å². The molecule has 0 aromatic heterocycles. The van der Waals surface area contributed by atoms with E-state index in [1.807, 2.05) is 0 Å². The van der Waals surface area contributed by atoms with Crippen LogP contribution in [0.5, 0.6) is 0 Å². The predicted molar refractivity (Wildman–Crippen MR) is 51.0 cm³/mol. The number of carbonyl (C=O) groups is 3. The summed E-state index contributed by atoms with van der Waals surface area (Å²) >= 11 is 0. The van der Waals surface area contributed by atoms with Gasteiger partial charge >= 0.3 is 11.9 Å². The first kappa shape index (κ1) is 13.2. The van der Waals surface area contributed by atoms with Gasteiger partial charge in [0.25, 0.3) is 0 Å². The van der Waals surface area contributed by atoms with Crippen molar-refractivity contribution >= 4 is 17.8 Å². The minimum absolute atomic E-state index is 0.222. The molecule has 0 unspecified atom stereocenters. The zero-order valence-corrected chi connectivity index (χ0v) is 8.36. The summed E-state index contributed by atoms with van der Waals surface area (Å²) in [6.07, 6.45) is 2.34. The number of carbonyl (C=O) groups excluding carboxylic acids is 2. The Morgan fingerprint density at radius 1 is 1.33 bits per heavy atom. The number of aliphatic carboxylic acids is 1. The van der Waals surface area contributed by atoms with Crippen LogP contribution in [-0.4, -0.2) is 36.6 Å². The van der Waals surface area contributed by atoms with Gasteiger partial charge in [-0.25, -0.2) is 4.79 Å². The van der Waals surface area contributed by atoms with Gasteiger partial charge in [0, 0.05) is 25.1 Å². The van der Waals surface area contributed by atoms with E-state index in [0.29, 0.717) is 13.0 Å². The van der Waals surface area contributed by atoms with Gasteiger partial charge in [0.15, 0.2) is 0 Å². The molecule has 2 N–H and O–H groups in total. The third kappa shape index (κ3) is 8.48. The highest BCUT2D eigenvalue weighted by Gasteiger charge is 2.00. The maximum absolute atomic E-state index is 10.9. The number of rotatable bonds is 6. The molecule has 0 aliphatic heterocycles. The molecule has 6 nitrogen and oxygen atoms in total. The highest BCUT2D eigenvalue weighted by molar-refractivity contribution is 5.93. The minimum Gasteiger partial charge on any atom is -0.478 e. The molecule has 0 heterocycles. The first-order valence-electron chi connectivity index (χ1n) is 4.32. The lowest BCUT2D eigenvalue weighted by atomic mass is 10.3. The molecule has 0 bridgehead atoms. The molecule has 0 saturated carbocycles. The Kier molecular flexibility index (Phi) is 6.61. The summed E-state index contributed by atoms with van der Waals surface area (Å²) in [6, 6.07) is 0. The van der Waals surface area contributed by atoms with Crippen molar-refractivity contribution in [3.05, 3.63) is 12.2 Å². The van der Waals surface area contributed by atoms with Gasteiger partial charge in [-0.3, -0.25) is 9.59 Å². The standard InChI is InChI=1S/C9H13NO5/c1-15-9(14)3-2-6-10-7(11)4-5-8(12)13/h4-5H,2-3,6H2,1H3,(H,10,11)(H,12,13)/b5-4+. The normalized spacial score (nSPS) is 9.93. The van der Waals surface area contributed by atoms with E-state index < -0.39 is 11.9 Å². The van der Waals surface area contributed by atoms with Crippen molar-refractivity contribution in [3.8, 4) is 0 Å². The molecule has 0 spiro atoms. The summed E-state index contributed by atoms with van der Waals surface area (Å²) in [6.45, 7) is 0.303. The molecule has 6 heteroatoms. The van der Waals surface area contributed by atoms with Crippen LogP contribution >= 0.6 is 0 Å². The fourth-order valence-corrected chi connectivity index (χ4v) is 0.752. The first-order chi connectivity index (χ1) is 7.06. The van der Waals surface area contributed by atoms with Crippen molar-refractivity contribution in [2.75, 3.05) is 13.7 Å². The van der Waals surface area contributed by atoms with E-state index in [9.17, 15) is 14.4 Å². The summed E-state index contributed by atoms with van der Waals surface area (Å²) in [5, 5.41) is 10.6. The van der Waals surface area contributed by atoms with Gasteiger partial charge in [0.1, 0.15) is 0 Å². The topological polar surface area (TPSA) is 92.7 Å². The Labute approximate surface area is 86.9 Å². The summed E-state index contributed by atoms with van der Waals surface area (Å²) < 4.78 is 4.39. The van der Waals surface area contributed by atoms with Gasteiger partial charge in [-0.05, 0) is 6.42 Å². The molecule has 0 fully saturated rings. The lowest BCUT2D eigenvalue weighted by Gasteiger charge is -2.00. The number of esters is 1. The molecule has 0 aromatic carbocycles. The minimum atomic E-state index is -1.18. The first-order valence-corrected chi connectivity index (χ1v) is 4.32. The highest BCUT2D eigenvalue weighted by Crippen LogP contribution is 1.89. The Bertz CT molecular complexity index is 272. The Balaban J connectivity index is 3.56. The average Bonchev–Trinajstić information content (AvgIpc) is 2.21. The molecular weight excluding hydrogens is 202 g/mol. The van der Waals surface area contributed by atoms with E-state index in [-0.39, 0.29) is 12.4 Å². The van der Waals surface area contributed by atoms with E-state index in [4.69, 9.17) is 5.11 Å². The molecule has 0 aromatic rings. The third-order valence-corrected chi connectivity index (χ3v) is 1.46. The lowest BCUT2D eigenvalue weighted by Crippen LogP contribution is -2.23. The van der Waals surface area contributed by atoms with Crippen LogP contribution in [0.15, 0.2) is 12.2 Å². The number of nitrogens with one attached hydrogen (secondary N) is 1. The highest BCUT2D eigenvalue weighted by atomic mass is 16.5. The molecule has 0 saturated heterocycles. The van der Waals surface area contributed by atoms with E-state index >= 15 is 0 Å². The van der Waals surface area contributed by atoms with Crippen molar-refractivity contribution in [1.29, 1.82) is 0 Å². The second-order valence-corrected chi connectivity index (χ2v) is 2.64. The van der Waals surface area contributed by atoms with E-state index in [1.54, 1.807) is 0 Å². The van der Waals surface area contributed by atoms with Gasteiger partial charge in [0.2, 0.25) is 5.91 Å². The summed E-state index contributed by atoms with van der Waals surface area (Å²) in [5.74, 6) is -2.02. The Hall–Kier alpha value is -1.85. The fourth-order valence-electron chi connectivity index (χ4n) is 0.752. The monoisotopic (exact) mass is 215 g/mol. The Morgan fingerprint density at radius 2 is 2.00 bits per heavy atom. The number of amides is 1. The van der Waals surface area contributed by atoms with Gasteiger partial charge < -0.3 is 15.2 Å². The molecule has 0 rings (SSSR count). The zero-order chi connectivity index (χ0) is 11.7. The molecular formula is C9H13NO5. The van der Waals surface area contributed by atoms with Crippen LogP contribution in [0, 0.1) is 0 Å². The van der Waals surface area contributed by atoms with Gasteiger partial charge in [-0.1, -0.05) is 0 Å². The number of carboxylic acid groups (broad SMARTS) is 1. The second-order valence-electron chi connectivity index (χ2n) is 2.64. The number of hydrogen-bond acceptors (Lipinski definition) is 4. The second kappa shape index (κ2) is 7.54. The molecule has 15 heavy (non-hydrogen) atoms. The summed E-state index contributed by atoms with van der Waals surface area (Å²) in [5.41, 5.74) is 0. The number of hydrogen-bond donors (Lipinski definition) is 2. The van der Waals surface area contributed by atoms with Crippen LogP contribution in [0.25, 0.3) is 0 Å². The maximum atomic E-state index is 10.9. The largest absolute Gasteiger partial charge is 0.478 e. The van der Waals surface area contributed by atoms with E-state index in [2.05, 4.69) is 10.1 Å². The maximum Gasteiger partial charge on any atom is 0.328 e. The number of methoxy groups -OCH3 is 1.